The fourth-order valence-electron chi connectivity index (χ4n) is 2.60. The quantitative estimate of drug-likeness (QED) is 0.382. The molecule has 28 heavy (non-hydrogen) atoms. The van der Waals surface area contributed by atoms with Crippen molar-refractivity contribution in [1.29, 1.82) is 0 Å². The number of para-hydroxylation sites is 1. The number of benzene rings is 1. The van der Waals surface area contributed by atoms with Crippen molar-refractivity contribution < 1.29 is 9.47 Å². The van der Waals surface area contributed by atoms with Gasteiger partial charge in [0.2, 0.25) is 17.8 Å². The fourth-order valence-corrected chi connectivity index (χ4v) is 2.60. The number of rotatable bonds is 13. The lowest BCUT2D eigenvalue weighted by molar-refractivity contribution is 0.0547. The van der Waals surface area contributed by atoms with Gasteiger partial charge in [0.1, 0.15) is 0 Å². The van der Waals surface area contributed by atoms with Crippen LogP contribution in [-0.4, -0.2) is 60.5 Å². The molecule has 0 radical (unpaired) electrons. The maximum atomic E-state index is 5.52. The van der Waals surface area contributed by atoms with Crippen LogP contribution in [0, 0.1) is 0 Å². The first-order chi connectivity index (χ1) is 13.8. The fraction of sp³-hybridized carbons (Fsp3) is 0.526. The Hall–Kier alpha value is -2.49. The smallest absolute Gasteiger partial charge is 0.233 e. The van der Waals surface area contributed by atoms with Crippen molar-refractivity contribution in [3.63, 3.8) is 0 Å². The van der Waals surface area contributed by atoms with Crippen molar-refractivity contribution in [2.45, 2.75) is 25.3 Å². The minimum absolute atomic E-state index is 0.441. The lowest BCUT2D eigenvalue weighted by atomic mass is 9.93. The highest BCUT2D eigenvalue weighted by Gasteiger charge is 2.19. The summed E-state index contributed by atoms with van der Waals surface area (Å²) < 4.78 is 10.8. The second kappa shape index (κ2) is 11.4. The molecule has 1 aromatic carbocycles. The lowest BCUT2D eigenvalue weighted by Crippen LogP contribution is -2.28. The molecule has 1 heterocycles. The van der Waals surface area contributed by atoms with Crippen LogP contribution in [0.3, 0.4) is 0 Å². The Morgan fingerprint density at radius 3 is 2.32 bits per heavy atom. The summed E-state index contributed by atoms with van der Waals surface area (Å²) in [4.78, 5) is 13.4. The van der Waals surface area contributed by atoms with E-state index >= 15 is 0 Å². The van der Waals surface area contributed by atoms with Gasteiger partial charge in [-0.1, -0.05) is 18.2 Å². The van der Waals surface area contributed by atoms with Gasteiger partial charge in [0.25, 0.3) is 0 Å². The van der Waals surface area contributed by atoms with Gasteiger partial charge in [-0.3, -0.25) is 0 Å². The van der Waals surface area contributed by atoms with Crippen LogP contribution < -0.4 is 21.7 Å². The predicted octanol–water partition coefficient (Wildman–Crippen LogP) is 1.98. The molecule has 152 valence electrons. The number of nitrogens with zero attached hydrogens (tertiary/aromatic N) is 3. The van der Waals surface area contributed by atoms with E-state index in [2.05, 4.69) is 30.9 Å². The van der Waals surface area contributed by atoms with Crippen molar-refractivity contribution in [2.75, 3.05) is 55.5 Å². The first-order valence-corrected chi connectivity index (χ1v) is 9.77. The second-order valence-corrected chi connectivity index (χ2v) is 6.51. The van der Waals surface area contributed by atoms with Crippen molar-refractivity contribution in [3.05, 3.63) is 30.3 Å². The largest absolute Gasteiger partial charge is 0.378 e. The molecule has 0 atom stereocenters. The van der Waals surface area contributed by atoms with Gasteiger partial charge in [-0.2, -0.15) is 15.0 Å². The second-order valence-electron chi connectivity index (χ2n) is 6.51. The van der Waals surface area contributed by atoms with Crippen molar-refractivity contribution in [3.8, 4) is 0 Å². The van der Waals surface area contributed by atoms with Crippen LogP contribution in [0.15, 0.2) is 30.3 Å². The van der Waals surface area contributed by atoms with Gasteiger partial charge >= 0.3 is 0 Å². The monoisotopic (exact) mass is 387 g/mol. The molecule has 0 aliphatic heterocycles. The summed E-state index contributed by atoms with van der Waals surface area (Å²) in [6, 6.07) is 10.3. The number of nitrogens with one attached hydrogen (secondary N) is 3. The third-order valence-electron chi connectivity index (χ3n) is 4.27. The highest BCUT2D eigenvalue weighted by Crippen LogP contribution is 2.23. The first kappa shape index (κ1) is 20.2. The van der Waals surface area contributed by atoms with Gasteiger partial charge in [0, 0.05) is 24.8 Å². The summed E-state index contributed by atoms with van der Waals surface area (Å²) in [6.45, 7) is 3.29. The average molecular weight is 387 g/mol. The van der Waals surface area contributed by atoms with Gasteiger partial charge in [-0.05, 0) is 31.4 Å². The van der Waals surface area contributed by atoms with Crippen LogP contribution in [-0.2, 0) is 9.47 Å². The zero-order valence-electron chi connectivity index (χ0n) is 16.1. The molecule has 1 fully saturated rings. The Bertz CT molecular complexity index is 698. The molecule has 1 aliphatic carbocycles. The summed E-state index contributed by atoms with van der Waals surface area (Å²) in [5.41, 5.74) is 6.29. The van der Waals surface area contributed by atoms with Crippen molar-refractivity contribution >= 4 is 23.5 Å². The molecule has 0 bridgehead atoms. The summed E-state index contributed by atoms with van der Waals surface area (Å²) in [6.07, 6.45) is 3.54. The van der Waals surface area contributed by atoms with Crippen LogP contribution >= 0.6 is 0 Å². The number of hydrogen-bond acceptors (Lipinski definition) is 9. The van der Waals surface area contributed by atoms with Gasteiger partial charge in [-0.25, -0.2) is 0 Å². The first-order valence-electron chi connectivity index (χ1n) is 9.77. The minimum atomic E-state index is 0.441. The van der Waals surface area contributed by atoms with Gasteiger partial charge < -0.3 is 31.2 Å². The predicted molar refractivity (Wildman–Crippen MR) is 110 cm³/mol. The van der Waals surface area contributed by atoms with E-state index < -0.39 is 0 Å². The third kappa shape index (κ3) is 6.91. The molecule has 1 aliphatic rings. The van der Waals surface area contributed by atoms with Crippen molar-refractivity contribution in [1.82, 2.24) is 15.0 Å². The zero-order valence-corrected chi connectivity index (χ0v) is 16.1. The van der Waals surface area contributed by atoms with Gasteiger partial charge in [-0.15, -0.1) is 0 Å². The lowest BCUT2D eigenvalue weighted by Gasteiger charge is -2.26. The van der Waals surface area contributed by atoms with E-state index in [1.807, 2.05) is 30.3 Å². The summed E-state index contributed by atoms with van der Waals surface area (Å²) in [5, 5.41) is 9.79. The molecule has 2 aromatic rings. The zero-order chi connectivity index (χ0) is 19.4. The van der Waals surface area contributed by atoms with Crippen LogP contribution in [0.1, 0.15) is 19.3 Å². The Morgan fingerprint density at radius 2 is 1.61 bits per heavy atom. The Kier molecular flexibility index (Phi) is 8.23. The number of ether oxygens (including phenoxy) is 2. The molecule has 9 heteroatoms. The molecule has 3 rings (SSSR count). The van der Waals surface area contributed by atoms with E-state index in [9.17, 15) is 0 Å². The van der Waals surface area contributed by atoms with Gasteiger partial charge in [0.15, 0.2) is 0 Å². The van der Waals surface area contributed by atoms with E-state index in [-0.39, 0.29) is 0 Å². The normalized spacial score (nSPS) is 13.8. The SMILES string of the molecule is NCCOCCOCCNc1nc(Nc2ccccc2)nc(NC2CCC2)n1. The average Bonchev–Trinajstić information content (AvgIpc) is 2.68. The van der Waals surface area contributed by atoms with E-state index in [1.54, 1.807) is 0 Å². The van der Waals surface area contributed by atoms with E-state index in [1.165, 1.54) is 6.42 Å². The van der Waals surface area contributed by atoms with E-state index in [0.29, 0.717) is 63.4 Å². The molecule has 1 aromatic heterocycles. The van der Waals surface area contributed by atoms with E-state index in [4.69, 9.17) is 15.2 Å². The number of nitrogens with two attached hydrogens (primary N) is 1. The Balaban J connectivity index is 1.52. The molecular weight excluding hydrogens is 358 g/mol. The van der Waals surface area contributed by atoms with Crippen LogP contribution in [0.4, 0.5) is 23.5 Å². The molecule has 9 nitrogen and oxygen atoms in total. The summed E-state index contributed by atoms with van der Waals surface area (Å²) in [5.74, 6) is 1.59. The molecule has 0 spiro atoms. The number of aromatic nitrogens is 3. The topological polar surface area (TPSA) is 119 Å². The maximum Gasteiger partial charge on any atom is 0.233 e. The molecule has 5 N–H and O–H groups in total. The summed E-state index contributed by atoms with van der Waals surface area (Å²) in [7, 11) is 0. The highest BCUT2D eigenvalue weighted by molar-refractivity contribution is 5.55. The Morgan fingerprint density at radius 1 is 0.893 bits per heavy atom. The molecule has 1 saturated carbocycles. The molecule has 0 unspecified atom stereocenters. The third-order valence-corrected chi connectivity index (χ3v) is 4.27. The minimum Gasteiger partial charge on any atom is -0.378 e. The standard InChI is InChI=1S/C19H29N7O2/c20-9-11-27-13-14-28-12-10-21-17-24-18(22-15-5-2-1-3-6-15)26-19(25-17)23-16-7-4-8-16/h1-3,5-6,16H,4,7-14,20H2,(H3,21,22,23,24,25,26). The summed E-state index contributed by atoms with van der Waals surface area (Å²) >= 11 is 0. The molecule has 0 saturated heterocycles. The molecular formula is C19H29N7O2. The Labute approximate surface area is 165 Å². The number of hydrogen-bond donors (Lipinski definition) is 4. The van der Waals surface area contributed by atoms with Crippen LogP contribution in [0.2, 0.25) is 0 Å². The van der Waals surface area contributed by atoms with Crippen molar-refractivity contribution in [2.24, 2.45) is 5.73 Å². The molecule has 0 amide bonds. The highest BCUT2D eigenvalue weighted by atomic mass is 16.5. The van der Waals surface area contributed by atoms with Crippen LogP contribution in [0.25, 0.3) is 0 Å². The maximum absolute atomic E-state index is 5.52. The van der Waals surface area contributed by atoms with E-state index in [0.717, 1.165) is 18.5 Å². The number of anilines is 4. The van der Waals surface area contributed by atoms with Crippen LogP contribution in [0.5, 0.6) is 0 Å². The van der Waals surface area contributed by atoms with Gasteiger partial charge in [0.05, 0.1) is 26.4 Å².